The fraction of sp³-hybridized carbons (Fsp3) is 0.556. The summed E-state index contributed by atoms with van der Waals surface area (Å²) in [7, 11) is 3.34. The number of hydrogen-bond donors (Lipinski definition) is 0. The number of hydrogen-bond acceptors (Lipinski definition) is 5. The molecule has 2 aromatic rings. The highest BCUT2D eigenvalue weighted by Gasteiger charge is 2.35. The molecule has 1 unspecified atom stereocenters. The van der Waals surface area contributed by atoms with Crippen LogP contribution in [0.2, 0.25) is 0 Å². The van der Waals surface area contributed by atoms with Gasteiger partial charge in [0.05, 0.1) is 39.6 Å². The molecule has 32 heavy (non-hydrogen) atoms. The molecule has 4 rings (SSSR count). The van der Waals surface area contributed by atoms with Crippen LogP contribution in [0.3, 0.4) is 0 Å². The first-order valence-corrected chi connectivity index (χ1v) is 12.0. The number of methoxy groups -OCH3 is 2. The molecule has 0 bridgehead atoms. The van der Waals surface area contributed by atoms with Crippen LogP contribution < -0.4 is 9.47 Å². The molecule has 1 saturated heterocycles. The topological polar surface area (TPSA) is 40.2 Å². The third-order valence-corrected chi connectivity index (χ3v) is 6.81. The van der Waals surface area contributed by atoms with E-state index in [-0.39, 0.29) is 0 Å². The van der Waals surface area contributed by atoms with Gasteiger partial charge < -0.3 is 18.9 Å². The molecular weight excluding hydrogens is 403 g/mol. The van der Waals surface area contributed by atoms with E-state index in [0.717, 1.165) is 50.5 Å². The zero-order chi connectivity index (χ0) is 22.2. The van der Waals surface area contributed by atoms with E-state index in [4.69, 9.17) is 18.9 Å². The highest BCUT2D eigenvalue weighted by Crippen LogP contribution is 2.30. The Hall–Kier alpha value is -2.08. The van der Waals surface area contributed by atoms with Crippen molar-refractivity contribution in [3.63, 3.8) is 0 Å². The lowest BCUT2D eigenvalue weighted by atomic mass is 9.91. The first kappa shape index (κ1) is 23.1. The lowest BCUT2D eigenvalue weighted by molar-refractivity contribution is -0.0352. The van der Waals surface area contributed by atoms with Crippen molar-refractivity contribution in [3.05, 3.63) is 59.7 Å². The fourth-order valence-electron chi connectivity index (χ4n) is 5.03. The number of ether oxygens (including phenoxy) is 4. The Labute approximate surface area is 192 Å². The zero-order valence-electron chi connectivity index (χ0n) is 19.5. The average Bonchev–Trinajstić information content (AvgIpc) is 3.32. The van der Waals surface area contributed by atoms with Gasteiger partial charge in [-0.2, -0.15) is 0 Å². The van der Waals surface area contributed by atoms with Crippen molar-refractivity contribution in [2.45, 2.75) is 63.4 Å². The van der Waals surface area contributed by atoms with Gasteiger partial charge in [0.25, 0.3) is 0 Å². The summed E-state index contributed by atoms with van der Waals surface area (Å²) in [6, 6.07) is 17.1. The largest absolute Gasteiger partial charge is 0.493 e. The third kappa shape index (κ3) is 6.03. The second-order valence-electron chi connectivity index (χ2n) is 8.90. The fourth-order valence-corrected chi connectivity index (χ4v) is 5.03. The Morgan fingerprint density at radius 1 is 0.844 bits per heavy atom. The Balaban J connectivity index is 1.26. The lowest BCUT2D eigenvalue weighted by Crippen LogP contribution is -2.46. The molecule has 0 spiro atoms. The molecule has 2 fully saturated rings. The summed E-state index contributed by atoms with van der Waals surface area (Å²) in [6.07, 6.45) is 7.58. The van der Waals surface area contributed by atoms with Crippen LogP contribution in [0.5, 0.6) is 11.5 Å². The first-order valence-electron chi connectivity index (χ1n) is 12.0. The van der Waals surface area contributed by atoms with Crippen LogP contribution in [0.1, 0.15) is 43.2 Å². The molecule has 1 aliphatic heterocycles. The second kappa shape index (κ2) is 11.7. The van der Waals surface area contributed by atoms with E-state index in [9.17, 15) is 0 Å². The molecule has 2 aliphatic rings. The van der Waals surface area contributed by atoms with Gasteiger partial charge in [0.1, 0.15) is 0 Å². The Bertz CT molecular complexity index is 828. The highest BCUT2D eigenvalue weighted by molar-refractivity contribution is 5.42. The Kier molecular flexibility index (Phi) is 8.43. The molecule has 2 aromatic carbocycles. The number of benzene rings is 2. The minimum Gasteiger partial charge on any atom is -0.493 e. The predicted molar refractivity (Wildman–Crippen MR) is 126 cm³/mol. The third-order valence-electron chi connectivity index (χ3n) is 6.81. The van der Waals surface area contributed by atoms with Crippen molar-refractivity contribution in [3.8, 4) is 11.5 Å². The zero-order valence-corrected chi connectivity index (χ0v) is 19.5. The molecule has 0 aromatic heterocycles. The van der Waals surface area contributed by atoms with Gasteiger partial charge in [-0.1, -0.05) is 49.2 Å². The van der Waals surface area contributed by atoms with Crippen LogP contribution >= 0.6 is 0 Å². The van der Waals surface area contributed by atoms with E-state index in [0.29, 0.717) is 24.9 Å². The van der Waals surface area contributed by atoms with Crippen molar-refractivity contribution in [2.75, 3.05) is 33.9 Å². The van der Waals surface area contributed by atoms with Gasteiger partial charge in [0.15, 0.2) is 11.5 Å². The van der Waals surface area contributed by atoms with Crippen LogP contribution in [0.25, 0.3) is 0 Å². The summed E-state index contributed by atoms with van der Waals surface area (Å²) >= 11 is 0. The molecule has 5 nitrogen and oxygen atoms in total. The molecule has 5 heteroatoms. The molecule has 1 heterocycles. The Morgan fingerprint density at radius 2 is 1.66 bits per heavy atom. The monoisotopic (exact) mass is 440 g/mol. The van der Waals surface area contributed by atoms with Gasteiger partial charge in [0, 0.05) is 19.1 Å². The average molecular weight is 441 g/mol. The maximum Gasteiger partial charge on any atom is 0.160 e. The molecule has 1 saturated carbocycles. The summed E-state index contributed by atoms with van der Waals surface area (Å²) < 4.78 is 23.4. The van der Waals surface area contributed by atoms with E-state index in [1.54, 1.807) is 14.2 Å². The van der Waals surface area contributed by atoms with Gasteiger partial charge >= 0.3 is 0 Å². The smallest absolute Gasteiger partial charge is 0.160 e. The highest BCUT2D eigenvalue weighted by atomic mass is 16.5. The minimum absolute atomic E-state index is 0.316. The summed E-state index contributed by atoms with van der Waals surface area (Å²) in [5, 5.41) is 0. The van der Waals surface area contributed by atoms with Crippen LogP contribution in [0.4, 0.5) is 0 Å². The van der Waals surface area contributed by atoms with Crippen molar-refractivity contribution < 1.29 is 18.9 Å². The summed E-state index contributed by atoms with van der Waals surface area (Å²) in [6.45, 7) is 3.57. The molecule has 0 N–H and O–H groups in total. The van der Waals surface area contributed by atoms with Crippen LogP contribution in [-0.4, -0.2) is 57.1 Å². The normalized spacial score (nSPS) is 23.9. The number of likely N-dealkylation sites (tertiary alicyclic amines) is 1. The van der Waals surface area contributed by atoms with Crippen LogP contribution in [0, 0.1) is 0 Å². The van der Waals surface area contributed by atoms with Gasteiger partial charge in [-0.05, 0) is 48.9 Å². The van der Waals surface area contributed by atoms with Gasteiger partial charge in [-0.25, -0.2) is 0 Å². The van der Waals surface area contributed by atoms with E-state index < -0.39 is 0 Å². The van der Waals surface area contributed by atoms with Gasteiger partial charge in [-0.15, -0.1) is 0 Å². The lowest BCUT2D eigenvalue weighted by Gasteiger charge is -2.37. The van der Waals surface area contributed by atoms with Crippen molar-refractivity contribution in [1.82, 2.24) is 4.90 Å². The summed E-state index contributed by atoms with van der Waals surface area (Å²) in [4.78, 5) is 2.62. The molecular formula is C27H37NO4. The predicted octanol–water partition coefficient (Wildman–Crippen LogP) is 4.87. The number of nitrogens with zero attached hydrogens (tertiary/aromatic N) is 1. The SMILES string of the molecule is COc1cc(CCO[C@H]2CCCCC2N2CC[C@@H](OCc3ccccc3)C2)ccc1O[13CH3]. The van der Waals surface area contributed by atoms with E-state index in [1.807, 2.05) is 6.07 Å². The molecule has 1 aliphatic carbocycles. The Morgan fingerprint density at radius 3 is 2.47 bits per heavy atom. The van der Waals surface area contributed by atoms with Crippen molar-refractivity contribution >= 4 is 0 Å². The maximum atomic E-state index is 6.45. The van der Waals surface area contributed by atoms with E-state index in [1.165, 1.54) is 30.4 Å². The number of rotatable bonds is 10. The summed E-state index contributed by atoms with van der Waals surface area (Å²) in [5.41, 5.74) is 2.46. The van der Waals surface area contributed by atoms with Crippen LogP contribution in [0.15, 0.2) is 48.5 Å². The van der Waals surface area contributed by atoms with Crippen molar-refractivity contribution in [2.24, 2.45) is 0 Å². The second-order valence-corrected chi connectivity index (χ2v) is 8.90. The van der Waals surface area contributed by atoms with E-state index >= 15 is 0 Å². The molecule has 3 atom stereocenters. The van der Waals surface area contributed by atoms with Crippen LogP contribution in [-0.2, 0) is 22.5 Å². The molecule has 174 valence electrons. The minimum atomic E-state index is 0.316. The maximum absolute atomic E-state index is 6.45. The summed E-state index contributed by atoms with van der Waals surface area (Å²) in [5.74, 6) is 1.54. The standard InChI is InChI=1S/C27H37NO4/c1-29-26-13-12-21(18-27(26)30-2)15-17-31-25-11-7-6-10-24(25)28-16-14-23(19-28)32-20-22-8-4-3-5-9-22/h3-5,8-9,12-13,18,23-25H,6-7,10-11,14-17,19-20H2,1-2H3/t23-,24?,25+/m1/s1/i1+1. The van der Waals surface area contributed by atoms with Gasteiger partial charge in [-0.3, -0.25) is 4.90 Å². The molecule has 0 amide bonds. The quantitative estimate of drug-likeness (QED) is 0.493. The van der Waals surface area contributed by atoms with Gasteiger partial charge in [0.2, 0.25) is 0 Å². The molecule has 0 radical (unpaired) electrons. The first-order chi connectivity index (χ1) is 15.8. The van der Waals surface area contributed by atoms with Crippen molar-refractivity contribution in [1.29, 1.82) is 0 Å². The van der Waals surface area contributed by atoms with E-state index in [2.05, 4.69) is 47.4 Å².